The largest absolute Gasteiger partial charge is 0.299 e. The summed E-state index contributed by atoms with van der Waals surface area (Å²) in [6.07, 6.45) is 6.96. The average molecular weight is 443 g/mol. The topological polar surface area (TPSA) is 55.7 Å². The summed E-state index contributed by atoms with van der Waals surface area (Å²) in [6.45, 7) is 1.45. The summed E-state index contributed by atoms with van der Waals surface area (Å²) in [7, 11) is 0. The van der Waals surface area contributed by atoms with Crippen LogP contribution in [0.3, 0.4) is 0 Å². The molecule has 166 valence electrons. The van der Waals surface area contributed by atoms with Crippen molar-refractivity contribution in [3.63, 3.8) is 0 Å². The maximum atomic E-state index is 13.8. The van der Waals surface area contributed by atoms with E-state index in [2.05, 4.69) is 15.0 Å². The van der Waals surface area contributed by atoms with Crippen LogP contribution in [0.25, 0.3) is 22.5 Å². The standard InChI is InChI=1S/C27H23F2N3O/c1-2-27(28,29)23-9-5-20(6-10-23)18-24(33)17-19-3-7-21(8-4-19)25-26(32-16-15-31-25)22-11-13-30-14-12-22/h3-16H,2,17-18H2,1H3. The minimum absolute atomic E-state index is 0.0214. The van der Waals surface area contributed by atoms with Crippen molar-refractivity contribution in [2.24, 2.45) is 0 Å². The summed E-state index contributed by atoms with van der Waals surface area (Å²) < 4.78 is 27.5. The van der Waals surface area contributed by atoms with Gasteiger partial charge < -0.3 is 0 Å². The number of pyridine rings is 1. The zero-order valence-corrected chi connectivity index (χ0v) is 18.2. The summed E-state index contributed by atoms with van der Waals surface area (Å²) in [5.41, 5.74) is 4.94. The maximum Gasteiger partial charge on any atom is 0.273 e. The van der Waals surface area contributed by atoms with E-state index in [0.29, 0.717) is 0 Å². The number of nitrogens with zero attached hydrogens (tertiary/aromatic N) is 3. The first-order valence-electron chi connectivity index (χ1n) is 10.8. The van der Waals surface area contributed by atoms with Crippen LogP contribution < -0.4 is 0 Å². The maximum absolute atomic E-state index is 13.8. The highest BCUT2D eigenvalue weighted by Crippen LogP contribution is 2.31. The Morgan fingerprint density at radius 1 is 0.727 bits per heavy atom. The molecule has 2 aromatic heterocycles. The van der Waals surface area contributed by atoms with Crippen molar-refractivity contribution in [2.75, 3.05) is 0 Å². The Morgan fingerprint density at radius 2 is 1.21 bits per heavy atom. The average Bonchev–Trinajstić information content (AvgIpc) is 2.85. The molecule has 4 aromatic rings. The van der Waals surface area contributed by atoms with Crippen LogP contribution in [0.1, 0.15) is 30.0 Å². The van der Waals surface area contributed by atoms with E-state index in [0.717, 1.165) is 33.6 Å². The molecule has 0 aliphatic heterocycles. The molecule has 0 N–H and O–H groups in total. The zero-order chi connectivity index (χ0) is 23.3. The van der Waals surface area contributed by atoms with Crippen LogP contribution >= 0.6 is 0 Å². The number of benzene rings is 2. The molecule has 0 unspecified atom stereocenters. The molecule has 0 amide bonds. The van der Waals surface area contributed by atoms with Crippen LogP contribution in [0, 0.1) is 0 Å². The van der Waals surface area contributed by atoms with Crippen molar-refractivity contribution in [1.29, 1.82) is 0 Å². The second-order valence-corrected chi connectivity index (χ2v) is 7.83. The molecule has 2 aromatic carbocycles. The molecular weight excluding hydrogens is 420 g/mol. The number of hydrogen-bond acceptors (Lipinski definition) is 4. The van der Waals surface area contributed by atoms with Gasteiger partial charge in [0.15, 0.2) is 0 Å². The van der Waals surface area contributed by atoms with Crippen LogP contribution in [0.15, 0.2) is 85.5 Å². The lowest BCUT2D eigenvalue weighted by atomic mass is 9.98. The molecule has 0 aliphatic carbocycles. The lowest BCUT2D eigenvalue weighted by Crippen LogP contribution is -2.12. The Labute approximate surface area is 191 Å². The molecule has 0 spiro atoms. The Morgan fingerprint density at radius 3 is 1.73 bits per heavy atom. The number of carbonyl (C=O) groups excluding carboxylic acids is 1. The first kappa shape index (κ1) is 22.4. The third kappa shape index (κ3) is 5.34. The fourth-order valence-electron chi connectivity index (χ4n) is 3.64. The van der Waals surface area contributed by atoms with Gasteiger partial charge in [0.2, 0.25) is 0 Å². The highest BCUT2D eigenvalue weighted by Gasteiger charge is 2.28. The molecule has 0 bridgehead atoms. The molecule has 0 aliphatic rings. The van der Waals surface area contributed by atoms with Gasteiger partial charge in [-0.1, -0.05) is 55.5 Å². The van der Waals surface area contributed by atoms with Gasteiger partial charge in [0, 0.05) is 60.7 Å². The van der Waals surface area contributed by atoms with Gasteiger partial charge in [-0.25, -0.2) is 8.78 Å². The highest BCUT2D eigenvalue weighted by molar-refractivity contribution is 5.83. The molecule has 33 heavy (non-hydrogen) atoms. The SMILES string of the molecule is CCC(F)(F)c1ccc(CC(=O)Cc2ccc(-c3nccnc3-c3ccncc3)cc2)cc1. The van der Waals surface area contributed by atoms with Crippen molar-refractivity contribution in [1.82, 2.24) is 15.0 Å². The third-order valence-electron chi connectivity index (χ3n) is 5.50. The summed E-state index contributed by atoms with van der Waals surface area (Å²) in [6, 6.07) is 17.5. The predicted molar refractivity (Wildman–Crippen MR) is 124 cm³/mol. The zero-order valence-electron chi connectivity index (χ0n) is 18.2. The van der Waals surface area contributed by atoms with Crippen molar-refractivity contribution >= 4 is 5.78 Å². The molecule has 0 saturated carbocycles. The first-order valence-corrected chi connectivity index (χ1v) is 10.8. The second kappa shape index (κ2) is 9.77. The normalized spacial score (nSPS) is 11.4. The summed E-state index contributed by atoms with van der Waals surface area (Å²) in [4.78, 5) is 25.6. The van der Waals surface area contributed by atoms with E-state index in [-0.39, 0.29) is 30.6 Å². The number of carbonyl (C=O) groups is 1. The van der Waals surface area contributed by atoms with E-state index in [9.17, 15) is 13.6 Å². The number of aromatic nitrogens is 3. The number of alkyl halides is 2. The summed E-state index contributed by atoms with van der Waals surface area (Å²) in [5.74, 6) is -2.82. The van der Waals surface area contributed by atoms with E-state index in [4.69, 9.17) is 0 Å². The minimum Gasteiger partial charge on any atom is -0.299 e. The number of hydrogen-bond donors (Lipinski definition) is 0. The van der Waals surface area contributed by atoms with Crippen LogP contribution in [0.5, 0.6) is 0 Å². The molecule has 4 rings (SSSR count). The Kier molecular flexibility index (Phi) is 6.63. The van der Waals surface area contributed by atoms with Gasteiger partial charge in [-0.2, -0.15) is 0 Å². The predicted octanol–water partition coefficient (Wildman–Crippen LogP) is 6.06. The van der Waals surface area contributed by atoms with Crippen LogP contribution in [-0.2, 0) is 23.6 Å². The monoisotopic (exact) mass is 443 g/mol. The van der Waals surface area contributed by atoms with E-state index >= 15 is 0 Å². The Balaban J connectivity index is 1.44. The first-order chi connectivity index (χ1) is 16.0. The van der Waals surface area contributed by atoms with E-state index in [1.165, 1.54) is 19.1 Å². The van der Waals surface area contributed by atoms with Gasteiger partial charge >= 0.3 is 0 Å². The highest BCUT2D eigenvalue weighted by atomic mass is 19.3. The van der Waals surface area contributed by atoms with Crippen molar-refractivity contribution in [3.8, 4) is 22.5 Å². The number of halogens is 2. The van der Waals surface area contributed by atoms with Gasteiger partial charge in [0.1, 0.15) is 5.78 Å². The van der Waals surface area contributed by atoms with Gasteiger partial charge in [-0.15, -0.1) is 0 Å². The summed E-state index contributed by atoms with van der Waals surface area (Å²) in [5, 5.41) is 0. The van der Waals surface area contributed by atoms with Crippen LogP contribution in [-0.4, -0.2) is 20.7 Å². The lowest BCUT2D eigenvalue weighted by molar-refractivity contribution is -0.117. The molecule has 0 saturated heterocycles. The molecule has 2 heterocycles. The number of rotatable bonds is 8. The molecule has 0 fully saturated rings. The lowest BCUT2D eigenvalue weighted by Gasteiger charge is -2.14. The van der Waals surface area contributed by atoms with E-state index < -0.39 is 5.92 Å². The third-order valence-corrected chi connectivity index (χ3v) is 5.50. The molecule has 0 radical (unpaired) electrons. The van der Waals surface area contributed by atoms with Gasteiger partial charge in [-0.05, 0) is 23.3 Å². The van der Waals surface area contributed by atoms with Gasteiger partial charge in [0.05, 0.1) is 11.4 Å². The number of ketones is 1. The minimum atomic E-state index is -2.84. The molecule has 4 nitrogen and oxygen atoms in total. The van der Waals surface area contributed by atoms with E-state index in [1.54, 1.807) is 36.9 Å². The molecule has 6 heteroatoms. The van der Waals surface area contributed by atoms with Crippen molar-refractivity contribution in [2.45, 2.75) is 32.1 Å². The fraction of sp³-hybridized carbons (Fsp3) is 0.185. The second-order valence-electron chi connectivity index (χ2n) is 7.83. The number of Topliss-reactive ketones (excluding diaryl/α,β-unsaturated/α-hetero) is 1. The van der Waals surface area contributed by atoms with Crippen molar-refractivity contribution < 1.29 is 13.6 Å². The van der Waals surface area contributed by atoms with Crippen molar-refractivity contribution in [3.05, 3.63) is 102 Å². The summed E-state index contributed by atoms with van der Waals surface area (Å²) >= 11 is 0. The fourth-order valence-corrected chi connectivity index (χ4v) is 3.64. The Hall–Kier alpha value is -3.80. The van der Waals surface area contributed by atoms with Crippen LogP contribution in [0.2, 0.25) is 0 Å². The van der Waals surface area contributed by atoms with Crippen LogP contribution in [0.4, 0.5) is 8.78 Å². The quantitative estimate of drug-likeness (QED) is 0.332. The van der Waals surface area contributed by atoms with E-state index in [1.807, 2.05) is 36.4 Å². The smallest absolute Gasteiger partial charge is 0.273 e. The Bertz CT molecular complexity index is 1220. The molecule has 0 atom stereocenters. The van der Waals surface area contributed by atoms with Gasteiger partial charge in [-0.3, -0.25) is 19.7 Å². The molecular formula is C27H23F2N3O. The van der Waals surface area contributed by atoms with Gasteiger partial charge in [0.25, 0.3) is 5.92 Å².